The molecule has 1 aromatic carbocycles. The predicted molar refractivity (Wildman–Crippen MR) is 107 cm³/mol. The van der Waals surface area contributed by atoms with E-state index in [9.17, 15) is 9.59 Å². The first-order valence-corrected chi connectivity index (χ1v) is 10.7. The number of halogens is 1. The number of rotatable bonds is 4. The zero-order valence-electron chi connectivity index (χ0n) is 16.0. The highest BCUT2D eigenvalue weighted by atomic mass is 35.5. The van der Waals surface area contributed by atoms with Gasteiger partial charge in [-0.05, 0) is 81.0 Å². The summed E-state index contributed by atoms with van der Waals surface area (Å²) in [6.45, 7) is 3.40. The van der Waals surface area contributed by atoms with E-state index >= 15 is 0 Å². The zero-order chi connectivity index (χ0) is 19.0. The molecule has 4 rings (SSSR count). The van der Waals surface area contributed by atoms with Crippen LogP contribution in [0, 0.1) is 23.7 Å². The van der Waals surface area contributed by atoms with E-state index in [-0.39, 0.29) is 23.8 Å². The van der Waals surface area contributed by atoms with Crippen LogP contribution in [-0.4, -0.2) is 35.8 Å². The number of likely N-dealkylation sites (tertiary alicyclic amines) is 1. The van der Waals surface area contributed by atoms with Crippen LogP contribution in [0.2, 0.25) is 5.02 Å². The molecule has 2 amide bonds. The van der Waals surface area contributed by atoms with Gasteiger partial charge in [-0.15, -0.1) is 0 Å². The second-order valence-corrected chi connectivity index (χ2v) is 9.17. The number of hydrogen-bond donors (Lipinski definition) is 1. The van der Waals surface area contributed by atoms with Crippen molar-refractivity contribution in [1.29, 1.82) is 0 Å². The Morgan fingerprint density at radius 3 is 2.59 bits per heavy atom. The Labute approximate surface area is 166 Å². The van der Waals surface area contributed by atoms with Crippen molar-refractivity contribution in [3.8, 4) is 0 Å². The van der Waals surface area contributed by atoms with Crippen LogP contribution in [-0.2, 0) is 4.79 Å². The summed E-state index contributed by atoms with van der Waals surface area (Å²) in [7, 11) is 0. The van der Waals surface area contributed by atoms with E-state index in [1.165, 1.54) is 25.7 Å². The number of piperidine rings is 1. The lowest BCUT2D eigenvalue weighted by Gasteiger charge is -2.34. The standard InChI is InChI=1S/C22H29ClN2O2/c1-14(20-12-15-4-5-17(20)11-15)24-21(26)18-3-2-10-25(13-18)22(27)16-6-8-19(23)9-7-16/h6-9,14-15,17-18,20H,2-5,10-13H2,1H3,(H,24,26)/t14-,15-,17-,18+,20+/m0/s1. The Balaban J connectivity index is 1.34. The monoisotopic (exact) mass is 388 g/mol. The van der Waals surface area contributed by atoms with Gasteiger partial charge in [-0.3, -0.25) is 9.59 Å². The second-order valence-electron chi connectivity index (χ2n) is 8.73. The molecule has 5 atom stereocenters. The van der Waals surface area contributed by atoms with Crippen molar-refractivity contribution in [2.75, 3.05) is 13.1 Å². The zero-order valence-corrected chi connectivity index (χ0v) is 16.8. The summed E-state index contributed by atoms with van der Waals surface area (Å²) in [6.07, 6.45) is 7.09. The lowest BCUT2D eigenvalue weighted by atomic mass is 9.83. The Hall–Kier alpha value is -1.55. The molecule has 2 aliphatic carbocycles. The number of carbonyl (C=O) groups is 2. The predicted octanol–water partition coefficient (Wildman–Crippen LogP) is 4.13. The van der Waals surface area contributed by atoms with Crippen LogP contribution in [0.1, 0.15) is 55.8 Å². The van der Waals surface area contributed by atoms with E-state index in [0.29, 0.717) is 29.6 Å². The van der Waals surface area contributed by atoms with Crippen molar-refractivity contribution in [1.82, 2.24) is 10.2 Å². The maximum atomic E-state index is 12.9. The van der Waals surface area contributed by atoms with E-state index in [4.69, 9.17) is 11.6 Å². The average Bonchev–Trinajstić information content (AvgIpc) is 3.32. The topological polar surface area (TPSA) is 49.4 Å². The van der Waals surface area contributed by atoms with E-state index in [1.54, 1.807) is 24.3 Å². The van der Waals surface area contributed by atoms with Crippen LogP contribution >= 0.6 is 11.6 Å². The quantitative estimate of drug-likeness (QED) is 0.842. The SMILES string of the molecule is C[C@H](NC(=O)[C@@H]1CCCN(C(=O)c2ccc(Cl)cc2)C1)[C@H]1C[C@H]2CC[C@H]1C2. The van der Waals surface area contributed by atoms with E-state index in [0.717, 1.165) is 24.7 Å². The van der Waals surface area contributed by atoms with Gasteiger partial charge in [0.15, 0.2) is 0 Å². The third-order valence-corrected chi connectivity index (χ3v) is 7.23. The molecule has 1 N–H and O–H groups in total. The van der Waals surface area contributed by atoms with Gasteiger partial charge in [0, 0.05) is 29.7 Å². The fraction of sp³-hybridized carbons (Fsp3) is 0.636. The van der Waals surface area contributed by atoms with E-state index in [2.05, 4.69) is 12.2 Å². The molecular weight excluding hydrogens is 360 g/mol. The molecule has 2 saturated carbocycles. The van der Waals surface area contributed by atoms with Crippen molar-refractivity contribution in [3.63, 3.8) is 0 Å². The molecule has 1 saturated heterocycles. The Bertz CT molecular complexity index is 705. The normalized spacial score (nSPS) is 31.0. The van der Waals surface area contributed by atoms with Crippen LogP contribution in [0.3, 0.4) is 0 Å². The molecule has 5 heteroatoms. The third kappa shape index (κ3) is 4.01. The summed E-state index contributed by atoms with van der Waals surface area (Å²) in [5, 5.41) is 3.91. The minimum absolute atomic E-state index is 0.00896. The number of benzene rings is 1. The van der Waals surface area contributed by atoms with Gasteiger partial charge in [0.25, 0.3) is 5.91 Å². The number of nitrogens with zero attached hydrogens (tertiary/aromatic N) is 1. The van der Waals surface area contributed by atoms with E-state index < -0.39 is 0 Å². The number of fused-ring (bicyclic) bond motifs is 2. The maximum Gasteiger partial charge on any atom is 0.253 e. The molecule has 27 heavy (non-hydrogen) atoms. The molecule has 1 aliphatic heterocycles. The smallest absolute Gasteiger partial charge is 0.253 e. The van der Waals surface area contributed by atoms with Crippen molar-refractivity contribution in [2.45, 2.75) is 51.5 Å². The molecule has 0 unspecified atom stereocenters. The number of nitrogens with one attached hydrogen (secondary N) is 1. The minimum atomic E-state index is -0.101. The van der Waals surface area contributed by atoms with Gasteiger partial charge in [0.05, 0.1) is 5.92 Å². The summed E-state index contributed by atoms with van der Waals surface area (Å²) >= 11 is 5.91. The van der Waals surface area contributed by atoms with Gasteiger partial charge in [-0.25, -0.2) is 0 Å². The molecule has 1 aromatic rings. The van der Waals surface area contributed by atoms with Crippen LogP contribution < -0.4 is 5.32 Å². The van der Waals surface area contributed by atoms with Crippen molar-refractivity contribution in [2.24, 2.45) is 23.7 Å². The molecule has 0 radical (unpaired) electrons. The molecule has 146 valence electrons. The first kappa shape index (κ1) is 18.8. The first-order chi connectivity index (χ1) is 13.0. The van der Waals surface area contributed by atoms with Crippen LogP contribution in [0.5, 0.6) is 0 Å². The average molecular weight is 389 g/mol. The van der Waals surface area contributed by atoms with Gasteiger partial charge in [-0.2, -0.15) is 0 Å². The second kappa shape index (κ2) is 7.83. The summed E-state index contributed by atoms with van der Waals surface area (Å²) in [6, 6.07) is 7.23. The highest BCUT2D eigenvalue weighted by Crippen LogP contribution is 2.49. The van der Waals surface area contributed by atoms with Gasteiger partial charge in [-0.1, -0.05) is 18.0 Å². The summed E-state index contributed by atoms with van der Waals surface area (Å²) < 4.78 is 0. The molecule has 3 fully saturated rings. The third-order valence-electron chi connectivity index (χ3n) is 6.98. The molecule has 0 aromatic heterocycles. The molecule has 3 aliphatic rings. The number of amides is 2. The molecule has 0 spiro atoms. The highest BCUT2D eigenvalue weighted by molar-refractivity contribution is 6.30. The van der Waals surface area contributed by atoms with Gasteiger partial charge in [0.1, 0.15) is 0 Å². The Morgan fingerprint density at radius 2 is 1.93 bits per heavy atom. The van der Waals surface area contributed by atoms with Gasteiger partial charge < -0.3 is 10.2 Å². The number of carbonyl (C=O) groups excluding carboxylic acids is 2. The molecule has 4 nitrogen and oxygen atoms in total. The van der Waals surface area contributed by atoms with Gasteiger partial charge in [0.2, 0.25) is 5.91 Å². The van der Waals surface area contributed by atoms with Crippen molar-refractivity contribution >= 4 is 23.4 Å². The highest BCUT2D eigenvalue weighted by Gasteiger charge is 2.42. The molecule has 1 heterocycles. The van der Waals surface area contributed by atoms with Gasteiger partial charge >= 0.3 is 0 Å². The summed E-state index contributed by atoms with van der Waals surface area (Å²) in [4.78, 5) is 27.4. The van der Waals surface area contributed by atoms with Crippen molar-refractivity contribution < 1.29 is 9.59 Å². The Kier molecular flexibility index (Phi) is 5.45. The molecule has 2 bridgehead atoms. The maximum absolute atomic E-state index is 12.9. The Morgan fingerprint density at radius 1 is 1.15 bits per heavy atom. The van der Waals surface area contributed by atoms with Crippen LogP contribution in [0.4, 0.5) is 0 Å². The lowest BCUT2D eigenvalue weighted by Crippen LogP contribution is -2.49. The van der Waals surface area contributed by atoms with E-state index in [1.807, 2.05) is 4.90 Å². The van der Waals surface area contributed by atoms with Crippen LogP contribution in [0.15, 0.2) is 24.3 Å². The minimum Gasteiger partial charge on any atom is -0.353 e. The fourth-order valence-electron chi connectivity index (χ4n) is 5.51. The molecular formula is C22H29ClN2O2. The summed E-state index contributed by atoms with van der Waals surface area (Å²) in [5.74, 6) is 2.35. The van der Waals surface area contributed by atoms with Crippen molar-refractivity contribution in [3.05, 3.63) is 34.9 Å². The largest absolute Gasteiger partial charge is 0.353 e. The van der Waals surface area contributed by atoms with Crippen LogP contribution in [0.25, 0.3) is 0 Å². The number of hydrogen-bond acceptors (Lipinski definition) is 2. The first-order valence-electron chi connectivity index (χ1n) is 10.4. The fourth-order valence-corrected chi connectivity index (χ4v) is 5.63. The summed E-state index contributed by atoms with van der Waals surface area (Å²) in [5.41, 5.74) is 0.635. The lowest BCUT2D eigenvalue weighted by molar-refractivity contribution is -0.127.